The number of aliphatic hydroxyl groups excluding tert-OH is 1. The molecular weight excluding hydrogens is 372 g/mol. The average molecular weight is 407 g/mol. The minimum absolute atomic E-state index is 0.0154. The van der Waals surface area contributed by atoms with E-state index in [9.17, 15) is 19.5 Å². The van der Waals surface area contributed by atoms with Crippen LogP contribution in [0.2, 0.25) is 0 Å². The fourth-order valence-corrected chi connectivity index (χ4v) is 4.66. The number of nitrogens with zero attached hydrogens (tertiary/aromatic N) is 2. The van der Waals surface area contributed by atoms with E-state index in [0.29, 0.717) is 25.9 Å². The maximum Gasteiger partial charge on any atom is 0.305 e. The summed E-state index contributed by atoms with van der Waals surface area (Å²) in [6.45, 7) is 1.53. The molecule has 0 aromatic heterocycles. The lowest BCUT2D eigenvalue weighted by Crippen LogP contribution is -2.44. The first-order chi connectivity index (χ1) is 14.1. The molecule has 29 heavy (non-hydrogen) atoms. The van der Waals surface area contributed by atoms with Crippen LogP contribution in [0.3, 0.4) is 0 Å². The highest BCUT2D eigenvalue weighted by atomic mass is 16.5. The molecule has 2 amide bonds. The van der Waals surface area contributed by atoms with E-state index >= 15 is 0 Å². The molecule has 0 aromatic carbocycles. The van der Waals surface area contributed by atoms with Crippen molar-refractivity contribution in [2.45, 2.75) is 76.3 Å². The topological polar surface area (TPSA) is 87.2 Å². The van der Waals surface area contributed by atoms with Gasteiger partial charge in [0.25, 0.3) is 0 Å². The van der Waals surface area contributed by atoms with Crippen molar-refractivity contribution in [3.63, 3.8) is 0 Å². The summed E-state index contributed by atoms with van der Waals surface area (Å²) >= 11 is 0. The monoisotopic (exact) mass is 406 g/mol. The first-order valence-corrected chi connectivity index (χ1v) is 11.1. The molecule has 162 valence electrons. The highest BCUT2D eigenvalue weighted by molar-refractivity contribution is 5.86. The van der Waals surface area contributed by atoms with E-state index in [1.807, 2.05) is 11.0 Å². The van der Waals surface area contributed by atoms with E-state index in [1.54, 1.807) is 4.90 Å². The molecule has 3 heterocycles. The van der Waals surface area contributed by atoms with Gasteiger partial charge in [0.05, 0.1) is 24.6 Å². The summed E-state index contributed by atoms with van der Waals surface area (Å²) in [5.41, 5.74) is 0. The number of carbonyl (C=O) groups is 3. The summed E-state index contributed by atoms with van der Waals surface area (Å²) in [6.07, 6.45) is 11.2. The SMILES string of the molecule is O=C1CCCCC=CC[C@H](CC(=O)N2CCC[C@H]2CO)C(=O)N2CCC[C@H]2CO1. The number of cyclic esters (lactones) is 1. The van der Waals surface area contributed by atoms with E-state index in [-0.39, 0.29) is 49.5 Å². The summed E-state index contributed by atoms with van der Waals surface area (Å²) in [6, 6.07) is -0.210. The van der Waals surface area contributed by atoms with Gasteiger partial charge in [-0.05, 0) is 51.4 Å². The van der Waals surface area contributed by atoms with Crippen molar-refractivity contribution < 1.29 is 24.2 Å². The zero-order valence-electron chi connectivity index (χ0n) is 17.3. The number of ether oxygens (including phenoxy) is 1. The van der Waals surface area contributed by atoms with Crippen LogP contribution in [-0.4, -0.2) is 71.1 Å². The quantitative estimate of drug-likeness (QED) is 0.572. The molecule has 3 aliphatic heterocycles. The van der Waals surface area contributed by atoms with E-state index in [2.05, 4.69) is 6.08 Å². The summed E-state index contributed by atoms with van der Waals surface area (Å²) in [5, 5.41) is 9.52. The van der Waals surface area contributed by atoms with Gasteiger partial charge in [0.15, 0.2) is 0 Å². The number of allylic oxidation sites excluding steroid dienone is 2. The molecule has 7 nitrogen and oxygen atoms in total. The molecule has 3 atom stereocenters. The fraction of sp³-hybridized carbons (Fsp3) is 0.773. The molecule has 3 aliphatic rings. The zero-order valence-corrected chi connectivity index (χ0v) is 17.3. The summed E-state index contributed by atoms with van der Waals surface area (Å²) in [7, 11) is 0. The number of amides is 2. The second kappa shape index (κ2) is 10.8. The van der Waals surface area contributed by atoms with Crippen LogP contribution in [0.5, 0.6) is 0 Å². The maximum atomic E-state index is 13.3. The first-order valence-electron chi connectivity index (χ1n) is 11.1. The largest absolute Gasteiger partial charge is 0.463 e. The zero-order chi connectivity index (χ0) is 20.6. The Kier molecular flexibility index (Phi) is 8.09. The Labute approximate surface area is 173 Å². The Bertz CT molecular complexity index is 620. The second-order valence-electron chi connectivity index (χ2n) is 8.43. The number of carbonyl (C=O) groups excluding carboxylic acids is 3. The highest BCUT2D eigenvalue weighted by Crippen LogP contribution is 2.26. The number of likely N-dealkylation sites (tertiary alicyclic amines) is 1. The van der Waals surface area contributed by atoms with Gasteiger partial charge in [-0.15, -0.1) is 0 Å². The number of esters is 1. The van der Waals surface area contributed by atoms with E-state index < -0.39 is 5.92 Å². The molecule has 0 aliphatic carbocycles. The molecule has 2 saturated heterocycles. The van der Waals surface area contributed by atoms with Crippen LogP contribution >= 0.6 is 0 Å². The molecule has 0 aromatic rings. The third-order valence-corrected chi connectivity index (χ3v) is 6.36. The minimum Gasteiger partial charge on any atom is -0.463 e. The smallest absolute Gasteiger partial charge is 0.305 e. The van der Waals surface area contributed by atoms with Crippen molar-refractivity contribution in [3.05, 3.63) is 12.2 Å². The van der Waals surface area contributed by atoms with Gasteiger partial charge in [0.1, 0.15) is 6.61 Å². The third-order valence-electron chi connectivity index (χ3n) is 6.36. The normalized spacial score (nSPS) is 29.5. The summed E-state index contributed by atoms with van der Waals surface area (Å²) in [4.78, 5) is 41.7. The van der Waals surface area contributed by atoms with Gasteiger partial charge in [-0.3, -0.25) is 14.4 Å². The molecule has 0 saturated carbocycles. The van der Waals surface area contributed by atoms with Crippen LogP contribution in [0.25, 0.3) is 0 Å². The van der Waals surface area contributed by atoms with Crippen molar-refractivity contribution in [2.75, 3.05) is 26.3 Å². The lowest BCUT2D eigenvalue weighted by molar-refractivity contribution is -0.149. The van der Waals surface area contributed by atoms with Gasteiger partial charge in [-0.25, -0.2) is 0 Å². The Morgan fingerprint density at radius 1 is 1.10 bits per heavy atom. The van der Waals surface area contributed by atoms with E-state index in [4.69, 9.17) is 4.74 Å². The fourth-order valence-electron chi connectivity index (χ4n) is 4.66. The van der Waals surface area contributed by atoms with E-state index in [1.165, 1.54) is 0 Å². The Morgan fingerprint density at radius 3 is 2.76 bits per heavy atom. The van der Waals surface area contributed by atoms with Crippen LogP contribution in [0, 0.1) is 5.92 Å². The molecule has 0 radical (unpaired) electrons. The third kappa shape index (κ3) is 5.81. The predicted octanol–water partition coefficient (Wildman–Crippen LogP) is 2.03. The lowest BCUT2D eigenvalue weighted by atomic mass is 9.97. The van der Waals surface area contributed by atoms with Gasteiger partial charge >= 0.3 is 5.97 Å². The van der Waals surface area contributed by atoms with Crippen LogP contribution in [-0.2, 0) is 19.1 Å². The first kappa shape index (κ1) is 21.8. The summed E-state index contributed by atoms with van der Waals surface area (Å²) in [5.74, 6) is -0.658. The van der Waals surface area contributed by atoms with Gasteiger partial charge in [-0.1, -0.05) is 12.2 Å². The number of hydrogen-bond acceptors (Lipinski definition) is 5. The Hall–Kier alpha value is -1.89. The van der Waals surface area contributed by atoms with Crippen molar-refractivity contribution in [1.82, 2.24) is 9.80 Å². The minimum atomic E-state index is -0.405. The molecule has 2 fully saturated rings. The molecule has 0 unspecified atom stereocenters. The standard InChI is InChI=1S/C22H34N2O5/c25-15-18-9-6-12-23(18)20(26)14-17-8-4-2-1-3-5-11-21(27)29-16-19-10-7-13-24(19)22(17)28/h2,4,17-19,25H,1,3,5-16H2/t17-,18+,19+/m1/s1. The number of hydrogen-bond donors (Lipinski definition) is 1. The van der Waals surface area contributed by atoms with Crippen LogP contribution < -0.4 is 0 Å². The maximum absolute atomic E-state index is 13.3. The van der Waals surface area contributed by atoms with Gasteiger partial charge < -0.3 is 19.6 Å². The van der Waals surface area contributed by atoms with Crippen molar-refractivity contribution in [2.24, 2.45) is 5.92 Å². The predicted molar refractivity (Wildman–Crippen MR) is 108 cm³/mol. The number of rotatable bonds is 3. The molecule has 7 heteroatoms. The van der Waals surface area contributed by atoms with Crippen LogP contribution in [0.4, 0.5) is 0 Å². The lowest BCUT2D eigenvalue weighted by Gasteiger charge is -2.30. The van der Waals surface area contributed by atoms with Gasteiger partial charge in [0, 0.05) is 25.9 Å². The van der Waals surface area contributed by atoms with Crippen molar-refractivity contribution >= 4 is 17.8 Å². The molecule has 1 N–H and O–H groups in total. The average Bonchev–Trinajstić information content (AvgIpc) is 3.38. The molecule has 0 spiro atoms. The Morgan fingerprint density at radius 2 is 1.93 bits per heavy atom. The second-order valence-corrected chi connectivity index (χ2v) is 8.43. The number of fused-ring (bicyclic) bond motifs is 1. The molecule has 0 bridgehead atoms. The van der Waals surface area contributed by atoms with Crippen LogP contribution in [0.1, 0.15) is 64.2 Å². The van der Waals surface area contributed by atoms with Gasteiger partial charge in [0.2, 0.25) is 11.8 Å². The number of aliphatic hydroxyl groups is 1. The summed E-state index contributed by atoms with van der Waals surface area (Å²) < 4.78 is 5.42. The van der Waals surface area contributed by atoms with Crippen LogP contribution in [0.15, 0.2) is 12.2 Å². The highest BCUT2D eigenvalue weighted by Gasteiger charge is 2.36. The molecule has 3 rings (SSSR count). The van der Waals surface area contributed by atoms with Gasteiger partial charge in [-0.2, -0.15) is 0 Å². The van der Waals surface area contributed by atoms with E-state index in [0.717, 1.165) is 44.9 Å². The Balaban J connectivity index is 1.71. The van der Waals surface area contributed by atoms with Crippen molar-refractivity contribution in [3.8, 4) is 0 Å². The molecular formula is C22H34N2O5. The van der Waals surface area contributed by atoms with Crippen molar-refractivity contribution in [1.29, 1.82) is 0 Å².